The van der Waals surface area contributed by atoms with E-state index in [0.29, 0.717) is 18.1 Å². The number of aryl methyl sites for hydroxylation is 2. The molecule has 1 aliphatic heterocycles. The summed E-state index contributed by atoms with van der Waals surface area (Å²) in [6.07, 6.45) is 1.09. The average Bonchev–Trinajstić information content (AvgIpc) is 3.09. The van der Waals surface area contributed by atoms with Gasteiger partial charge in [-0.15, -0.1) is 0 Å². The number of benzene rings is 1. The molecule has 28 heavy (non-hydrogen) atoms. The summed E-state index contributed by atoms with van der Waals surface area (Å²) >= 11 is 0. The van der Waals surface area contributed by atoms with Crippen molar-refractivity contribution < 1.29 is 14.3 Å². The van der Waals surface area contributed by atoms with Crippen molar-refractivity contribution in [3.05, 3.63) is 51.4 Å². The van der Waals surface area contributed by atoms with E-state index in [-0.39, 0.29) is 23.8 Å². The highest BCUT2D eigenvalue weighted by molar-refractivity contribution is 5.76. The van der Waals surface area contributed by atoms with Gasteiger partial charge < -0.3 is 19.4 Å². The van der Waals surface area contributed by atoms with Gasteiger partial charge in [-0.05, 0) is 12.1 Å². The SMILES string of the molecule is Cn1cnc2c1c(=O)n(CC(=O)NC[C@H]1COc3ccccc3O1)c(=O)n2C. The number of nitrogens with one attached hydrogen (secondary N) is 1. The van der Waals surface area contributed by atoms with Crippen molar-refractivity contribution >= 4 is 17.1 Å². The molecule has 4 rings (SSSR count). The smallest absolute Gasteiger partial charge is 0.332 e. The Hall–Kier alpha value is -3.56. The van der Waals surface area contributed by atoms with Crippen molar-refractivity contribution in [1.29, 1.82) is 0 Å². The quantitative estimate of drug-likeness (QED) is 0.642. The van der Waals surface area contributed by atoms with Crippen LogP contribution < -0.4 is 26.0 Å². The van der Waals surface area contributed by atoms with Gasteiger partial charge in [0.05, 0.1) is 12.9 Å². The summed E-state index contributed by atoms with van der Waals surface area (Å²) in [7, 11) is 3.17. The number of aromatic nitrogens is 4. The van der Waals surface area contributed by atoms with E-state index in [1.54, 1.807) is 19.2 Å². The number of carbonyl (C=O) groups is 1. The maximum Gasteiger partial charge on any atom is 0.332 e. The van der Waals surface area contributed by atoms with E-state index in [4.69, 9.17) is 9.47 Å². The number of hydrogen-bond donors (Lipinski definition) is 1. The van der Waals surface area contributed by atoms with Crippen LogP contribution in [0.25, 0.3) is 11.2 Å². The fourth-order valence-corrected chi connectivity index (χ4v) is 3.13. The molecule has 146 valence electrons. The molecule has 1 aromatic carbocycles. The van der Waals surface area contributed by atoms with Crippen molar-refractivity contribution in [2.45, 2.75) is 12.6 Å². The van der Waals surface area contributed by atoms with Crippen LogP contribution >= 0.6 is 0 Å². The van der Waals surface area contributed by atoms with Crippen LogP contribution in [0.2, 0.25) is 0 Å². The molecule has 2 aromatic heterocycles. The first kappa shape index (κ1) is 17.8. The number of carbonyl (C=O) groups excluding carboxylic acids is 1. The molecule has 1 aliphatic rings. The zero-order chi connectivity index (χ0) is 19.8. The molecule has 1 amide bonds. The Bertz CT molecular complexity index is 1180. The predicted molar refractivity (Wildman–Crippen MR) is 99.6 cm³/mol. The zero-order valence-corrected chi connectivity index (χ0v) is 15.4. The third-order valence-corrected chi connectivity index (χ3v) is 4.60. The summed E-state index contributed by atoms with van der Waals surface area (Å²) in [5.41, 5.74) is -0.618. The lowest BCUT2D eigenvalue weighted by Gasteiger charge is -2.26. The van der Waals surface area contributed by atoms with E-state index in [1.807, 2.05) is 12.1 Å². The number of nitrogens with zero attached hydrogens (tertiary/aromatic N) is 4. The molecule has 3 aromatic rings. The fraction of sp³-hybridized carbons (Fsp3) is 0.333. The molecule has 0 bridgehead atoms. The maximum absolute atomic E-state index is 12.6. The summed E-state index contributed by atoms with van der Waals surface area (Å²) in [5, 5.41) is 2.69. The minimum atomic E-state index is -0.600. The van der Waals surface area contributed by atoms with Gasteiger partial charge in [0.15, 0.2) is 22.7 Å². The number of rotatable bonds is 4. The first-order valence-electron chi connectivity index (χ1n) is 8.71. The number of ether oxygens (including phenoxy) is 2. The van der Waals surface area contributed by atoms with Gasteiger partial charge in [-0.2, -0.15) is 0 Å². The molecule has 0 fully saturated rings. The molecule has 0 aliphatic carbocycles. The van der Waals surface area contributed by atoms with Crippen molar-refractivity contribution in [2.75, 3.05) is 13.2 Å². The predicted octanol–water partition coefficient (Wildman–Crippen LogP) is -0.610. The van der Waals surface area contributed by atoms with E-state index in [0.717, 1.165) is 4.57 Å². The molecule has 0 saturated carbocycles. The molecule has 0 saturated heterocycles. The third-order valence-electron chi connectivity index (χ3n) is 4.60. The van der Waals surface area contributed by atoms with Gasteiger partial charge in [-0.25, -0.2) is 14.3 Å². The van der Waals surface area contributed by atoms with Gasteiger partial charge in [0.25, 0.3) is 5.56 Å². The van der Waals surface area contributed by atoms with Gasteiger partial charge in [-0.1, -0.05) is 12.1 Å². The Labute approximate surface area is 158 Å². The van der Waals surface area contributed by atoms with Crippen LogP contribution in [0.5, 0.6) is 11.5 Å². The second kappa shape index (κ2) is 6.87. The molecular formula is C18H19N5O5. The van der Waals surface area contributed by atoms with Gasteiger partial charge >= 0.3 is 5.69 Å². The molecule has 1 atom stereocenters. The first-order valence-corrected chi connectivity index (χ1v) is 8.71. The Morgan fingerprint density at radius 1 is 1.25 bits per heavy atom. The van der Waals surface area contributed by atoms with Crippen LogP contribution in [0.15, 0.2) is 40.2 Å². The van der Waals surface area contributed by atoms with E-state index < -0.39 is 23.7 Å². The molecule has 0 radical (unpaired) electrons. The van der Waals surface area contributed by atoms with Crippen molar-refractivity contribution in [2.24, 2.45) is 14.1 Å². The van der Waals surface area contributed by atoms with Gasteiger partial charge in [-0.3, -0.25) is 14.2 Å². The van der Waals surface area contributed by atoms with Crippen LogP contribution in [-0.2, 0) is 25.4 Å². The Morgan fingerprint density at radius 2 is 2.00 bits per heavy atom. The largest absolute Gasteiger partial charge is 0.486 e. The van der Waals surface area contributed by atoms with Crippen molar-refractivity contribution in [1.82, 2.24) is 24.0 Å². The van der Waals surface area contributed by atoms with Crippen LogP contribution in [-0.4, -0.2) is 43.8 Å². The highest BCUT2D eigenvalue weighted by Gasteiger charge is 2.22. The lowest BCUT2D eigenvalue weighted by molar-refractivity contribution is -0.122. The van der Waals surface area contributed by atoms with Gasteiger partial charge in [0, 0.05) is 14.1 Å². The highest BCUT2D eigenvalue weighted by atomic mass is 16.6. The second-order valence-electron chi connectivity index (χ2n) is 6.56. The Balaban J connectivity index is 1.47. The summed E-state index contributed by atoms with van der Waals surface area (Å²) in [5.74, 6) is 0.799. The molecule has 10 nitrogen and oxygen atoms in total. The lowest BCUT2D eigenvalue weighted by Crippen LogP contribution is -2.46. The fourth-order valence-electron chi connectivity index (χ4n) is 3.13. The van der Waals surface area contributed by atoms with Crippen molar-refractivity contribution in [3.63, 3.8) is 0 Å². The summed E-state index contributed by atoms with van der Waals surface area (Å²) in [6, 6.07) is 7.28. The van der Waals surface area contributed by atoms with Crippen LogP contribution in [0.4, 0.5) is 0 Å². The molecule has 10 heteroatoms. The highest BCUT2D eigenvalue weighted by Crippen LogP contribution is 2.30. The molecule has 1 N–H and O–H groups in total. The molecule has 0 unspecified atom stereocenters. The monoisotopic (exact) mass is 385 g/mol. The lowest BCUT2D eigenvalue weighted by atomic mass is 10.2. The number of hydrogen-bond acceptors (Lipinski definition) is 6. The summed E-state index contributed by atoms with van der Waals surface area (Å²) in [6.45, 7) is 0.0902. The number of fused-ring (bicyclic) bond motifs is 2. The summed E-state index contributed by atoms with van der Waals surface area (Å²) in [4.78, 5) is 41.5. The van der Waals surface area contributed by atoms with E-state index in [2.05, 4.69) is 10.3 Å². The van der Waals surface area contributed by atoms with Crippen LogP contribution in [0.3, 0.4) is 0 Å². The Morgan fingerprint density at radius 3 is 2.79 bits per heavy atom. The zero-order valence-electron chi connectivity index (χ0n) is 15.4. The molecular weight excluding hydrogens is 366 g/mol. The molecule has 3 heterocycles. The number of amides is 1. The standard InChI is InChI=1S/C18H19N5O5/c1-21-10-20-16-15(21)17(25)23(18(26)22(16)2)8-14(24)19-7-11-9-27-12-5-3-4-6-13(12)28-11/h3-6,10-11H,7-9H2,1-2H3,(H,19,24)/t11-/m0/s1. The summed E-state index contributed by atoms with van der Waals surface area (Å²) < 4.78 is 15.0. The number of imidazole rings is 1. The van der Waals surface area contributed by atoms with E-state index in [9.17, 15) is 14.4 Å². The number of para-hydroxylation sites is 2. The second-order valence-corrected chi connectivity index (χ2v) is 6.56. The first-order chi connectivity index (χ1) is 13.5. The van der Waals surface area contributed by atoms with Gasteiger partial charge in [0.1, 0.15) is 19.3 Å². The van der Waals surface area contributed by atoms with Crippen LogP contribution in [0.1, 0.15) is 0 Å². The van der Waals surface area contributed by atoms with Crippen molar-refractivity contribution in [3.8, 4) is 11.5 Å². The normalized spacial score (nSPS) is 15.6. The minimum absolute atomic E-state index is 0.191. The van der Waals surface area contributed by atoms with Crippen LogP contribution in [0, 0.1) is 0 Å². The molecule has 0 spiro atoms. The van der Waals surface area contributed by atoms with Gasteiger partial charge in [0.2, 0.25) is 5.91 Å². The topological polar surface area (TPSA) is 109 Å². The Kier molecular flexibility index (Phi) is 4.38. The third kappa shape index (κ3) is 3.02. The maximum atomic E-state index is 12.6. The average molecular weight is 385 g/mol. The minimum Gasteiger partial charge on any atom is -0.486 e. The van der Waals surface area contributed by atoms with E-state index in [1.165, 1.54) is 22.5 Å². The van der Waals surface area contributed by atoms with E-state index >= 15 is 0 Å².